The zero-order valence-corrected chi connectivity index (χ0v) is 12.4. The highest BCUT2D eigenvalue weighted by atomic mass is 16.3. The molecular formula is C16H23N3O2. The maximum Gasteiger partial charge on any atom is 0.234 e. The van der Waals surface area contributed by atoms with Crippen molar-refractivity contribution in [3.63, 3.8) is 0 Å². The first kappa shape index (κ1) is 14.5. The normalized spacial score (nSPS) is 28.3. The van der Waals surface area contributed by atoms with Crippen molar-refractivity contribution in [1.29, 1.82) is 0 Å². The summed E-state index contributed by atoms with van der Waals surface area (Å²) in [4.78, 5) is 15.7. The smallest absolute Gasteiger partial charge is 0.234 e. The maximum absolute atomic E-state index is 11.3. The lowest BCUT2D eigenvalue weighted by molar-refractivity contribution is -0.123. The summed E-state index contributed by atoms with van der Waals surface area (Å²) < 4.78 is 0. The summed E-state index contributed by atoms with van der Waals surface area (Å²) in [5.41, 5.74) is 7.69. The van der Waals surface area contributed by atoms with Gasteiger partial charge in [-0.1, -0.05) is 24.3 Å². The molecule has 1 heterocycles. The van der Waals surface area contributed by atoms with E-state index in [-0.39, 0.29) is 18.0 Å². The summed E-state index contributed by atoms with van der Waals surface area (Å²) in [6.07, 6.45) is 0.504. The van der Waals surface area contributed by atoms with Gasteiger partial charge in [-0.2, -0.15) is 0 Å². The quantitative estimate of drug-likeness (QED) is 0.830. The third kappa shape index (κ3) is 2.69. The Hall–Kier alpha value is -1.43. The molecule has 1 aromatic rings. The molecule has 21 heavy (non-hydrogen) atoms. The van der Waals surface area contributed by atoms with Crippen molar-refractivity contribution >= 4 is 5.91 Å². The van der Waals surface area contributed by atoms with Crippen LogP contribution in [0.5, 0.6) is 0 Å². The van der Waals surface area contributed by atoms with Crippen LogP contribution >= 0.6 is 0 Å². The predicted octanol–water partition coefficient (Wildman–Crippen LogP) is 0.136. The van der Waals surface area contributed by atoms with Crippen LogP contribution in [0.15, 0.2) is 24.3 Å². The minimum Gasteiger partial charge on any atom is -0.387 e. The number of carbonyl (C=O) groups excluding carboxylic acids is 1. The van der Waals surface area contributed by atoms with Gasteiger partial charge in [-0.25, -0.2) is 0 Å². The monoisotopic (exact) mass is 289 g/mol. The second-order valence-electron chi connectivity index (χ2n) is 6.07. The van der Waals surface area contributed by atoms with Crippen LogP contribution in [0.4, 0.5) is 0 Å². The van der Waals surface area contributed by atoms with E-state index >= 15 is 0 Å². The second-order valence-corrected chi connectivity index (χ2v) is 6.07. The van der Waals surface area contributed by atoms with Gasteiger partial charge in [0.15, 0.2) is 0 Å². The molecule has 114 valence electrons. The number of nitrogens with two attached hydrogens (primary N) is 1. The lowest BCUT2D eigenvalue weighted by atomic mass is 10.1. The number of nitrogens with zero attached hydrogens (tertiary/aromatic N) is 2. The zero-order valence-electron chi connectivity index (χ0n) is 12.4. The summed E-state index contributed by atoms with van der Waals surface area (Å²) in [6, 6.07) is 8.08. The molecule has 0 unspecified atom stereocenters. The van der Waals surface area contributed by atoms with Crippen LogP contribution in [0.3, 0.4) is 0 Å². The average molecular weight is 289 g/mol. The van der Waals surface area contributed by atoms with Crippen LogP contribution in [-0.2, 0) is 11.2 Å². The third-order valence-electron chi connectivity index (χ3n) is 4.94. The number of primary amides is 1. The fourth-order valence-electron chi connectivity index (χ4n) is 3.52. The van der Waals surface area contributed by atoms with Crippen molar-refractivity contribution in [2.24, 2.45) is 5.73 Å². The number of benzene rings is 1. The second kappa shape index (κ2) is 5.75. The first-order valence-corrected chi connectivity index (χ1v) is 7.61. The molecule has 5 heteroatoms. The van der Waals surface area contributed by atoms with E-state index in [9.17, 15) is 9.90 Å². The van der Waals surface area contributed by atoms with Gasteiger partial charge in [0.25, 0.3) is 0 Å². The molecule has 1 saturated heterocycles. The van der Waals surface area contributed by atoms with Crippen molar-refractivity contribution in [3.8, 4) is 0 Å². The Balaban J connectivity index is 1.63. The van der Waals surface area contributed by atoms with Crippen molar-refractivity contribution in [2.75, 3.05) is 26.2 Å². The maximum atomic E-state index is 11.3. The van der Waals surface area contributed by atoms with Crippen LogP contribution in [0, 0.1) is 0 Å². The van der Waals surface area contributed by atoms with E-state index in [1.165, 1.54) is 5.56 Å². The predicted molar refractivity (Wildman–Crippen MR) is 80.7 cm³/mol. The highest BCUT2D eigenvalue weighted by Crippen LogP contribution is 2.34. The molecule has 1 fully saturated rings. The Morgan fingerprint density at radius 2 is 1.95 bits per heavy atom. The fourth-order valence-corrected chi connectivity index (χ4v) is 3.52. The number of amides is 1. The molecule has 1 aliphatic carbocycles. The van der Waals surface area contributed by atoms with Gasteiger partial charge in [-0.15, -0.1) is 0 Å². The Kier molecular flexibility index (Phi) is 3.97. The van der Waals surface area contributed by atoms with Gasteiger partial charge >= 0.3 is 0 Å². The molecule has 3 rings (SSSR count). The van der Waals surface area contributed by atoms with Gasteiger partial charge < -0.3 is 10.8 Å². The molecule has 0 bridgehead atoms. The summed E-state index contributed by atoms with van der Waals surface area (Å²) in [5, 5.41) is 10.5. The third-order valence-corrected chi connectivity index (χ3v) is 4.94. The summed E-state index contributed by atoms with van der Waals surface area (Å²) in [5.74, 6) is -0.267. The van der Waals surface area contributed by atoms with Gasteiger partial charge in [-0.3, -0.25) is 14.6 Å². The number of aliphatic hydroxyl groups excluding tert-OH is 1. The van der Waals surface area contributed by atoms with Crippen LogP contribution in [0.1, 0.15) is 24.2 Å². The lowest BCUT2D eigenvalue weighted by Gasteiger charge is -2.40. The van der Waals surface area contributed by atoms with E-state index in [2.05, 4.69) is 15.9 Å². The van der Waals surface area contributed by atoms with Crippen molar-refractivity contribution in [3.05, 3.63) is 35.4 Å². The van der Waals surface area contributed by atoms with Crippen LogP contribution < -0.4 is 5.73 Å². The van der Waals surface area contributed by atoms with Gasteiger partial charge in [0.05, 0.1) is 12.1 Å². The molecule has 1 aliphatic heterocycles. The molecule has 2 aliphatic rings. The Labute approximate surface area is 125 Å². The van der Waals surface area contributed by atoms with Crippen LogP contribution in [0.25, 0.3) is 0 Å². The number of carbonyl (C=O) groups is 1. The van der Waals surface area contributed by atoms with E-state index in [1.54, 1.807) is 0 Å². The summed E-state index contributed by atoms with van der Waals surface area (Å²) in [7, 11) is 0. The molecule has 3 N–H and O–H groups in total. The van der Waals surface area contributed by atoms with E-state index in [4.69, 9.17) is 5.73 Å². The topological polar surface area (TPSA) is 69.8 Å². The lowest BCUT2D eigenvalue weighted by Crippen LogP contribution is -2.55. The molecule has 0 radical (unpaired) electrons. The molecule has 3 atom stereocenters. The van der Waals surface area contributed by atoms with E-state index in [0.717, 1.165) is 38.2 Å². The fraction of sp³-hybridized carbons (Fsp3) is 0.562. The SMILES string of the molecule is C[C@H](C(N)=O)N1CCN([C@H]2Cc3ccccc3[C@@H]2O)CC1. The highest BCUT2D eigenvalue weighted by Gasteiger charge is 2.36. The van der Waals surface area contributed by atoms with Gasteiger partial charge in [-0.05, 0) is 24.5 Å². The number of piperazine rings is 1. The van der Waals surface area contributed by atoms with E-state index < -0.39 is 6.10 Å². The van der Waals surface area contributed by atoms with Crippen LogP contribution in [0.2, 0.25) is 0 Å². The minimum absolute atomic E-state index is 0.161. The average Bonchev–Trinajstić information content (AvgIpc) is 2.84. The summed E-state index contributed by atoms with van der Waals surface area (Å²) in [6.45, 7) is 5.24. The Morgan fingerprint density at radius 1 is 1.29 bits per heavy atom. The Bertz CT molecular complexity index is 526. The van der Waals surface area contributed by atoms with E-state index in [1.807, 2.05) is 25.1 Å². The van der Waals surface area contributed by atoms with E-state index in [0.29, 0.717) is 0 Å². The zero-order chi connectivity index (χ0) is 15.0. The number of aliphatic hydroxyl groups is 1. The molecule has 0 aromatic heterocycles. The standard InChI is InChI=1S/C16H23N3O2/c1-11(16(17)21)18-6-8-19(9-7-18)14-10-12-4-2-3-5-13(12)15(14)20/h2-5,11,14-15,20H,6-10H2,1H3,(H2,17,21)/t11-,14+,15+/m1/s1. The van der Waals surface area contributed by atoms with Crippen molar-refractivity contribution in [1.82, 2.24) is 9.80 Å². The number of rotatable bonds is 3. The molecule has 1 amide bonds. The molecule has 0 saturated carbocycles. The van der Waals surface area contributed by atoms with Gasteiger partial charge in [0.2, 0.25) is 5.91 Å². The minimum atomic E-state index is -0.402. The van der Waals surface area contributed by atoms with Gasteiger partial charge in [0.1, 0.15) is 0 Å². The number of fused-ring (bicyclic) bond motifs is 1. The molecule has 1 aromatic carbocycles. The largest absolute Gasteiger partial charge is 0.387 e. The van der Waals surface area contributed by atoms with Crippen molar-refractivity contribution in [2.45, 2.75) is 31.5 Å². The van der Waals surface area contributed by atoms with Gasteiger partial charge in [0, 0.05) is 32.2 Å². The Morgan fingerprint density at radius 3 is 2.57 bits per heavy atom. The van der Waals surface area contributed by atoms with Crippen LogP contribution in [-0.4, -0.2) is 59.1 Å². The number of hydrogen-bond donors (Lipinski definition) is 2. The molecular weight excluding hydrogens is 266 g/mol. The first-order chi connectivity index (χ1) is 10.1. The molecule has 5 nitrogen and oxygen atoms in total. The molecule has 0 spiro atoms. The summed E-state index contributed by atoms with van der Waals surface area (Å²) >= 11 is 0. The number of hydrogen-bond acceptors (Lipinski definition) is 4. The highest BCUT2D eigenvalue weighted by molar-refractivity contribution is 5.79. The van der Waals surface area contributed by atoms with Crippen molar-refractivity contribution < 1.29 is 9.90 Å². The first-order valence-electron chi connectivity index (χ1n) is 7.61.